The molecule has 0 spiro atoms. The van der Waals surface area contributed by atoms with Gasteiger partial charge < -0.3 is 20.4 Å². The number of nitrogens with zero attached hydrogens (tertiary/aromatic N) is 7. The first-order valence-corrected chi connectivity index (χ1v) is 13.5. The van der Waals surface area contributed by atoms with Crippen LogP contribution in [0.25, 0.3) is 16.9 Å². The number of carbonyl (C=O) groups is 1. The topological polar surface area (TPSA) is 113 Å². The largest absolute Gasteiger partial charge is 0.369 e. The second kappa shape index (κ2) is 11.7. The molecule has 4 heterocycles. The predicted molar refractivity (Wildman–Crippen MR) is 157 cm³/mol. The SMILES string of the molecule is C=CCn1c(=O)c2cnc(Nc3ccc(N4CCN(C)CC4)c(C)c3)nc2n1-c1cccc(CNC(=O)CC)n1. The molecule has 0 aliphatic carbocycles. The zero-order valence-corrected chi connectivity index (χ0v) is 23.2. The van der Waals surface area contributed by atoms with Crippen molar-refractivity contribution in [1.29, 1.82) is 0 Å². The Morgan fingerprint density at radius 2 is 1.93 bits per heavy atom. The van der Waals surface area contributed by atoms with E-state index >= 15 is 0 Å². The number of aromatic nitrogens is 5. The summed E-state index contributed by atoms with van der Waals surface area (Å²) in [5, 5.41) is 6.52. The van der Waals surface area contributed by atoms with Gasteiger partial charge in [-0.05, 0) is 49.9 Å². The third-order valence-corrected chi connectivity index (χ3v) is 7.07. The molecule has 1 aliphatic rings. The highest BCUT2D eigenvalue weighted by molar-refractivity contribution is 5.77. The van der Waals surface area contributed by atoms with Crippen LogP contribution in [0.3, 0.4) is 0 Å². The number of anilines is 3. The van der Waals surface area contributed by atoms with Crippen LogP contribution in [0.4, 0.5) is 17.3 Å². The van der Waals surface area contributed by atoms with Crippen molar-refractivity contribution in [2.75, 3.05) is 43.4 Å². The van der Waals surface area contributed by atoms with E-state index < -0.39 is 0 Å². The molecule has 0 radical (unpaired) electrons. The smallest absolute Gasteiger partial charge is 0.278 e. The first kappa shape index (κ1) is 27.1. The Kier molecular flexibility index (Phi) is 7.92. The minimum absolute atomic E-state index is 0.0579. The van der Waals surface area contributed by atoms with Crippen LogP contribution in [0.5, 0.6) is 0 Å². The lowest BCUT2D eigenvalue weighted by atomic mass is 10.1. The molecule has 0 unspecified atom stereocenters. The van der Waals surface area contributed by atoms with Crippen molar-refractivity contribution in [2.24, 2.45) is 0 Å². The van der Waals surface area contributed by atoms with E-state index in [1.54, 1.807) is 29.9 Å². The van der Waals surface area contributed by atoms with Crippen molar-refractivity contribution in [1.82, 2.24) is 34.5 Å². The highest BCUT2D eigenvalue weighted by Crippen LogP contribution is 2.26. The van der Waals surface area contributed by atoms with Crippen LogP contribution in [0.2, 0.25) is 0 Å². The van der Waals surface area contributed by atoms with E-state index in [1.807, 2.05) is 18.2 Å². The number of rotatable bonds is 9. The first-order valence-electron chi connectivity index (χ1n) is 13.5. The third kappa shape index (κ3) is 5.59. The number of piperazine rings is 1. The summed E-state index contributed by atoms with van der Waals surface area (Å²) in [5.41, 5.74) is 4.12. The standard InChI is InChI=1S/C29H35N9O2/c1-5-12-37-28(40)23-19-31-29(33-21-10-11-24(20(3)17-21)36-15-13-35(4)14-16-36)34-27(23)38(37)25-9-7-8-22(32-25)18-30-26(39)6-2/h5,7-11,17,19H,1,6,12-16,18H2,2-4H3,(H,30,39)(H,31,33,34). The zero-order chi connectivity index (χ0) is 28.2. The number of hydrogen-bond donors (Lipinski definition) is 2. The summed E-state index contributed by atoms with van der Waals surface area (Å²) in [6, 6.07) is 11.7. The molecule has 5 rings (SSSR count). The number of nitrogens with one attached hydrogen (secondary N) is 2. The number of carbonyl (C=O) groups excluding carboxylic acids is 1. The van der Waals surface area contributed by atoms with Crippen LogP contribution >= 0.6 is 0 Å². The molecule has 208 valence electrons. The summed E-state index contributed by atoms with van der Waals surface area (Å²) in [6.07, 6.45) is 3.59. The number of hydrogen-bond acceptors (Lipinski definition) is 8. The fourth-order valence-electron chi connectivity index (χ4n) is 4.87. The molecule has 11 heteroatoms. The van der Waals surface area contributed by atoms with Gasteiger partial charge in [-0.3, -0.25) is 9.59 Å². The summed E-state index contributed by atoms with van der Waals surface area (Å²) in [4.78, 5) is 43.7. The highest BCUT2D eigenvalue weighted by Gasteiger charge is 2.19. The molecule has 0 saturated carbocycles. The Morgan fingerprint density at radius 1 is 1.12 bits per heavy atom. The lowest BCUT2D eigenvalue weighted by molar-refractivity contribution is -0.120. The minimum Gasteiger partial charge on any atom is -0.369 e. The van der Waals surface area contributed by atoms with Gasteiger partial charge in [-0.25, -0.2) is 19.3 Å². The Labute approximate surface area is 233 Å². The lowest BCUT2D eigenvalue weighted by Crippen LogP contribution is -2.44. The van der Waals surface area contributed by atoms with E-state index in [1.165, 1.54) is 15.9 Å². The molecular formula is C29H35N9O2. The van der Waals surface area contributed by atoms with Crippen LogP contribution < -0.4 is 21.1 Å². The fraction of sp³-hybridized carbons (Fsp3) is 0.345. The molecule has 3 aromatic heterocycles. The Balaban J connectivity index is 1.47. The van der Waals surface area contributed by atoms with Gasteiger partial charge in [-0.15, -0.1) is 6.58 Å². The van der Waals surface area contributed by atoms with Gasteiger partial charge in [0.1, 0.15) is 5.39 Å². The van der Waals surface area contributed by atoms with Gasteiger partial charge in [-0.2, -0.15) is 4.98 Å². The normalized spacial score (nSPS) is 13.9. The molecule has 11 nitrogen and oxygen atoms in total. The molecule has 40 heavy (non-hydrogen) atoms. The minimum atomic E-state index is -0.236. The number of likely N-dealkylation sites (N-methyl/N-ethyl adjacent to an activating group) is 1. The van der Waals surface area contributed by atoms with Crippen LogP contribution in [0.15, 0.2) is 60.0 Å². The van der Waals surface area contributed by atoms with E-state index in [-0.39, 0.29) is 24.6 Å². The van der Waals surface area contributed by atoms with E-state index in [4.69, 9.17) is 9.97 Å². The molecule has 0 bridgehead atoms. The molecule has 1 amide bonds. The monoisotopic (exact) mass is 541 g/mol. The number of benzene rings is 1. The maximum Gasteiger partial charge on any atom is 0.278 e. The number of pyridine rings is 1. The third-order valence-electron chi connectivity index (χ3n) is 7.07. The summed E-state index contributed by atoms with van der Waals surface area (Å²) in [7, 11) is 2.15. The number of allylic oxidation sites excluding steroid dienone is 1. The molecule has 1 aliphatic heterocycles. The molecular weight excluding hydrogens is 506 g/mol. The maximum atomic E-state index is 13.3. The van der Waals surface area contributed by atoms with E-state index in [0.29, 0.717) is 34.9 Å². The molecule has 4 aromatic rings. The second-order valence-electron chi connectivity index (χ2n) is 9.95. The quantitative estimate of drug-likeness (QED) is 0.311. The van der Waals surface area contributed by atoms with Gasteiger partial charge in [0.2, 0.25) is 11.9 Å². The summed E-state index contributed by atoms with van der Waals surface area (Å²) in [5.74, 6) is 0.821. The van der Waals surface area contributed by atoms with Crippen LogP contribution in [0, 0.1) is 6.92 Å². The van der Waals surface area contributed by atoms with Gasteiger partial charge >= 0.3 is 0 Å². The molecule has 2 N–H and O–H groups in total. The van der Waals surface area contributed by atoms with Gasteiger partial charge in [0, 0.05) is 50.2 Å². The number of amides is 1. The average molecular weight is 542 g/mol. The average Bonchev–Trinajstić information content (AvgIpc) is 3.23. The molecule has 1 fully saturated rings. The van der Waals surface area contributed by atoms with Crippen molar-refractivity contribution in [3.63, 3.8) is 0 Å². The van der Waals surface area contributed by atoms with Crippen LogP contribution in [0.1, 0.15) is 24.6 Å². The zero-order valence-electron chi connectivity index (χ0n) is 23.2. The highest BCUT2D eigenvalue weighted by atomic mass is 16.1. The van der Waals surface area contributed by atoms with Crippen molar-refractivity contribution >= 4 is 34.3 Å². The van der Waals surface area contributed by atoms with Crippen molar-refractivity contribution in [3.8, 4) is 5.82 Å². The summed E-state index contributed by atoms with van der Waals surface area (Å²) in [6.45, 7) is 12.4. The molecule has 0 atom stereocenters. The van der Waals surface area contributed by atoms with Crippen LogP contribution in [-0.4, -0.2) is 68.3 Å². The molecule has 1 saturated heterocycles. The first-order chi connectivity index (χ1) is 19.4. The van der Waals surface area contributed by atoms with E-state index in [2.05, 4.69) is 58.1 Å². The van der Waals surface area contributed by atoms with Gasteiger partial charge in [0.05, 0.1) is 18.8 Å². The Bertz CT molecular complexity index is 1600. The second-order valence-corrected chi connectivity index (χ2v) is 9.95. The van der Waals surface area contributed by atoms with E-state index in [9.17, 15) is 9.59 Å². The molecule has 1 aromatic carbocycles. The maximum absolute atomic E-state index is 13.3. The number of fused-ring (bicyclic) bond motifs is 1. The predicted octanol–water partition coefficient (Wildman–Crippen LogP) is 2.99. The van der Waals surface area contributed by atoms with Crippen LogP contribution in [-0.2, 0) is 17.9 Å². The lowest BCUT2D eigenvalue weighted by Gasteiger charge is -2.35. The summed E-state index contributed by atoms with van der Waals surface area (Å²) < 4.78 is 3.21. The van der Waals surface area contributed by atoms with Gasteiger partial charge in [0.25, 0.3) is 5.56 Å². The number of aryl methyl sites for hydroxylation is 1. The Morgan fingerprint density at radius 3 is 2.65 bits per heavy atom. The Hall–Kier alpha value is -4.51. The van der Waals surface area contributed by atoms with E-state index in [0.717, 1.165) is 31.9 Å². The van der Waals surface area contributed by atoms with Crippen molar-refractivity contribution < 1.29 is 4.79 Å². The fourth-order valence-corrected chi connectivity index (χ4v) is 4.87. The van der Waals surface area contributed by atoms with Gasteiger partial charge in [-0.1, -0.05) is 19.1 Å². The van der Waals surface area contributed by atoms with Gasteiger partial charge in [0.15, 0.2) is 11.5 Å². The summed E-state index contributed by atoms with van der Waals surface area (Å²) >= 11 is 0. The van der Waals surface area contributed by atoms with Crippen molar-refractivity contribution in [3.05, 3.63) is 76.9 Å². The van der Waals surface area contributed by atoms with Crippen molar-refractivity contribution in [2.45, 2.75) is 33.4 Å².